The van der Waals surface area contributed by atoms with Crippen molar-refractivity contribution in [2.24, 2.45) is 5.14 Å². The summed E-state index contributed by atoms with van der Waals surface area (Å²) in [5, 5.41) is 7.32. The Bertz CT molecular complexity index is 1360. The Morgan fingerprint density at radius 1 is 0.906 bits per heavy atom. The summed E-state index contributed by atoms with van der Waals surface area (Å²) >= 11 is 5.64. The monoisotopic (exact) mass is 497 g/mol. The van der Waals surface area contributed by atoms with Crippen molar-refractivity contribution in [3.8, 4) is 0 Å². The van der Waals surface area contributed by atoms with Gasteiger partial charge in [0.05, 0.1) is 15.7 Å². The van der Waals surface area contributed by atoms with Crippen molar-refractivity contribution in [2.75, 3.05) is 10.0 Å². The van der Waals surface area contributed by atoms with Crippen LogP contribution < -0.4 is 15.2 Å². The van der Waals surface area contributed by atoms with Gasteiger partial charge in [0.2, 0.25) is 10.0 Å². The van der Waals surface area contributed by atoms with E-state index in [9.17, 15) is 26.0 Å². The molecule has 0 radical (unpaired) electrons. The Kier molecular flexibility index (Phi) is 6.84. The lowest BCUT2D eigenvalue weighted by molar-refractivity contribution is 0.102. The van der Waals surface area contributed by atoms with Crippen LogP contribution in [0.3, 0.4) is 0 Å². The van der Waals surface area contributed by atoms with E-state index in [4.69, 9.17) is 16.7 Å². The first-order chi connectivity index (χ1) is 14.9. The number of nitrogens with one attached hydrogen (secondary N) is 2. The summed E-state index contributed by atoms with van der Waals surface area (Å²) in [7, 11) is -7.66. The van der Waals surface area contributed by atoms with Crippen molar-refractivity contribution >= 4 is 48.9 Å². The van der Waals surface area contributed by atoms with Gasteiger partial charge in [0, 0.05) is 16.9 Å². The number of primary sulfonamides is 1. The third kappa shape index (κ3) is 6.26. The summed E-state index contributed by atoms with van der Waals surface area (Å²) in [6.07, 6.45) is 0. The molecule has 0 saturated heterocycles. The topological polar surface area (TPSA) is 135 Å². The molecule has 168 valence electrons. The van der Waals surface area contributed by atoms with Gasteiger partial charge in [0.25, 0.3) is 15.9 Å². The van der Waals surface area contributed by atoms with Crippen molar-refractivity contribution in [1.82, 2.24) is 0 Å². The van der Waals surface area contributed by atoms with Crippen molar-refractivity contribution in [1.29, 1.82) is 0 Å². The second kappa shape index (κ2) is 9.25. The van der Waals surface area contributed by atoms with Gasteiger partial charge in [-0.05, 0) is 60.2 Å². The molecule has 3 aromatic rings. The van der Waals surface area contributed by atoms with Gasteiger partial charge in [-0.1, -0.05) is 23.7 Å². The van der Waals surface area contributed by atoms with Gasteiger partial charge in [-0.2, -0.15) is 0 Å². The number of amides is 1. The third-order valence-corrected chi connectivity index (χ3v) is 6.58. The van der Waals surface area contributed by atoms with Crippen LogP contribution in [0, 0.1) is 5.82 Å². The number of anilines is 2. The van der Waals surface area contributed by atoms with Gasteiger partial charge in [-0.3, -0.25) is 9.52 Å². The molecule has 12 heteroatoms. The maximum atomic E-state index is 13.3. The van der Waals surface area contributed by atoms with Crippen molar-refractivity contribution in [3.05, 3.63) is 88.7 Å². The summed E-state index contributed by atoms with van der Waals surface area (Å²) in [6, 6.07) is 14.8. The highest BCUT2D eigenvalue weighted by molar-refractivity contribution is 7.92. The molecule has 0 fully saturated rings. The Morgan fingerprint density at radius 2 is 1.50 bits per heavy atom. The van der Waals surface area contributed by atoms with E-state index in [-0.39, 0.29) is 26.9 Å². The van der Waals surface area contributed by atoms with Crippen LogP contribution in [-0.2, 0) is 25.8 Å². The zero-order chi connectivity index (χ0) is 23.5. The molecule has 0 spiro atoms. The summed E-state index contributed by atoms with van der Waals surface area (Å²) in [5.41, 5.74) is 1.36. The number of benzene rings is 3. The quantitative estimate of drug-likeness (QED) is 0.460. The second-order valence-corrected chi connectivity index (χ2v) is 10.4. The number of carbonyl (C=O) groups is 1. The van der Waals surface area contributed by atoms with E-state index >= 15 is 0 Å². The van der Waals surface area contributed by atoms with Crippen molar-refractivity contribution in [3.63, 3.8) is 0 Å². The maximum absolute atomic E-state index is 13.3. The van der Waals surface area contributed by atoms with Gasteiger partial charge in [0.1, 0.15) is 5.82 Å². The van der Waals surface area contributed by atoms with Crippen LogP contribution >= 0.6 is 11.6 Å². The van der Waals surface area contributed by atoms with Crippen LogP contribution in [0.25, 0.3) is 0 Å². The molecule has 0 bridgehead atoms. The highest BCUT2D eigenvalue weighted by atomic mass is 35.5. The average molecular weight is 498 g/mol. The minimum absolute atomic E-state index is 0.189. The fraction of sp³-hybridized carbons (Fsp3) is 0.0500. The predicted molar refractivity (Wildman–Crippen MR) is 120 cm³/mol. The van der Waals surface area contributed by atoms with Gasteiger partial charge in [-0.15, -0.1) is 0 Å². The lowest BCUT2D eigenvalue weighted by atomic mass is 10.2. The average Bonchev–Trinajstić information content (AvgIpc) is 2.70. The normalized spacial score (nSPS) is 11.7. The summed E-state index contributed by atoms with van der Waals surface area (Å²) in [5.74, 6) is -1.51. The number of hydrogen-bond acceptors (Lipinski definition) is 5. The maximum Gasteiger partial charge on any atom is 0.261 e. The molecule has 0 atom stereocenters. The van der Waals surface area contributed by atoms with Gasteiger partial charge in [-0.25, -0.2) is 26.4 Å². The Labute approximate surface area is 189 Å². The van der Waals surface area contributed by atoms with Crippen molar-refractivity contribution in [2.45, 2.75) is 10.6 Å². The van der Waals surface area contributed by atoms with E-state index < -0.39 is 31.8 Å². The molecule has 0 aliphatic rings. The number of hydrogen-bond donors (Lipinski definition) is 3. The minimum Gasteiger partial charge on any atom is -0.322 e. The van der Waals surface area contributed by atoms with Crippen molar-refractivity contribution < 1.29 is 26.0 Å². The van der Waals surface area contributed by atoms with E-state index in [0.29, 0.717) is 11.3 Å². The zero-order valence-corrected chi connectivity index (χ0v) is 18.6. The fourth-order valence-electron chi connectivity index (χ4n) is 2.67. The summed E-state index contributed by atoms with van der Waals surface area (Å²) in [6.45, 7) is 0. The molecule has 0 aliphatic carbocycles. The minimum atomic E-state index is -4.00. The van der Waals surface area contributed by atoms with Gasteiger partial charge >= 0.3 is 0 Å². The van der Waals surface area contributed by atoms with Crippen LogP contribution in [0.1, 0.15) is 15.9 Å². The van der Waals surface area contributed by atoms with Gasteiger partial charge in [0.15, 0.2) is 0 Å². The lowest BCUT2D eigenvalue weighted by Crippen LogP contribution is -2.15. The number of nitrogens with two attached hydrogens (primary N) is 1. The SMILES string of the molecule is NS(=O)(=O)Cc1ccc(NC(=O)c2ccc(NS(=O)(=O)c3ccc(F)c(Cl)c3)cc2)cc1. The second-order valence-electron chi connectivity index (χ2n) is 6.72. The first-order valence-corrected chi connectivity index (χ1v) is 12.5. The van der Waals surface area contributed by atoms with Crippen LogP contribution in [-0.4, -0.2) is 22.7 Å². The Balaban J connectivity index is 1.67. The molecule has 3 aromatic carbocycles. The van der Waals surface area contributed by atoms with Crippen LogP contribution in [0.4, 0.5) is 15.8 Å². The van der Waals surface area contributed by atoms with Crippen LogP contribution in [0.5, 0.6) is 0 Å². The summed E-state index contributed by atoms with van der Waals surface area (Å²) in [4.78, 5) is 12.2. The molecular weight excluding hydrogens is 481 g/mol. The van der Waals surface area contributed by atoms with E-state index in [1.807, 2.05) is 0 Å². The van der Waals surface area contributed by atoms with E-state index in [0.717, 1.165) is 18.2 Å². The molecule has 4 N–H and O–H groups in total. The molecule has 0 heterocycles. The molecule has 8 nitrogen and oxygen atoms in total. The molecule has 1 amide bonds. The molecule has 0 unspecified atom stereocenters. The summed E-state index contributed by atoms with van der Waals surface area (Å²) < 4.78 is 62.7. The Morgan fingerprint density at radius 3 is 2.06 bits per heavy atom. The number of rotatable bonds is 7. The molecule has 0 saturated carbocycles. The molecule has 0 aromatic heterocycles. The molecule has 3 rings (SSSR count). The highest BCUT2D eigenvalue weighted by Crippen LogP contribution is 2.22. The Hall–Kier alpha value is -2.99. The largest absolute Gasteiger partial charge is 0.322 e. The van der Waals surface area contributed by atoms with Crippen LogP contribution in [0.2, 0.25) is 5.02 Å². The van der Waals surface area contributed by atoms with E-state index in [1.54, 1.807) is 0 Å². The first-order valence-electron chi connectivity index (χ1n) is 8.92. The van der Waals surface area contributed by atoms with E-state index in [1.165, 1.54) is 48.5 Å². The number of carbonyl (C=O) groups excluding carboxylic acids is 1. The number of halogens is 2. The smallest absolute Gasteiger partial charge is 0.261 e. The predicted octanol–water partition coefficient (Wildman–Crippen LogP) is 3.32. The fourth-order valence-corrected chi connectivity index (χ4v) is 4.65. The first kappa shape index (κ1) is 23.7. The molecule has 32 heavy (non-hydrogen) atoms. The zero-order valence-electron chi connectivity index (χ0n) is 16.2. The van der Waals surface area contributed by atoms with Crippen LogP contribution in [0.15, 0.2) is 71.6 Å². The van der Waals surface area contributed by atoms with E-state index in [2.05, 4.69) is 10.0 Å². The van der Waals surface area contributed by atoms with Gasteiger partial charge < -0.3 is 5.32 Å². The molecular formula is C20H17ClFN3O5S2. The standard InChI is InChI=1S/C20H17ClFN3O5S2/c21-18-11-17(9-10-19(18)22)32(29,30)25-16-7-3-14(4-8-16)20(26)24-15-5-1-13(2-6-15)12-31(23,27)28/h1-11,25H,12H2,(H,24,26)(H2,23,27,28). The molecule has 0 aliphatic heterocycles. The third-order valence-electron chi connectivity index (χ3n) is 4.18. The highest BCUT2D eigenvalue weighted by Gasteiger charge is 2.16. The number of sulfonamides is 2. The lowest BCUT2D eigenvalue weighted by Gasteiger charge is -2.10.